The van der Waals surface area contributed by atoms with E-state index >= 15 is 0 Å². The maximum atomic E-state index is 8.80. The first-order valence-corrected chi connectivity index (χ1v) is 5.76. The van der Waals surface area contributed by atoms with Crippen LogP contribution >= 0.6 is 0 Å². The van der Waals surface area contributed by atoms with Crippen molar-refractivity contribution in [2.45, 2.75) is 32.2 Å². The van der Waals surface area contributed by atoms with Gasteiger partial charge in [-0.2, -0.15) is 0 Å². The fourth-order valence-corrected chi connectivity index (χ4v) is 1.87. The number of aliphatic hydroxyl groups is 1. The zero-order chi connectivity index (χ0) is 10.7. The maximum absolute atomic E-state index is 8.80. The highest BCUT2D eigenvalue weighted by atomic mass is 16.2. The van der Waals surface area contributed by atoms with Crippen LogP contribution in [0.4, 0.5) is 5.69 Å². The average Bonchev–Trinajstić information content (AvgIpc) is 3.04. The molecular formula is C13H19NO. The normalized spacial score (nSPS) is 17.5. The molecule has 1 aliphatic carbocycles. The number of anilines is 1. The summed E-state index contributed by atoms with van der Waals surface area (Å²) >= 11 is 0. The van der Waals surface area contributed by atoms with Crippen LogP contribution in [0.25, 0.3) is 0 Å². The van der Waals surface area contributed by atoms with Crippen LogP contribution in [0.5, 0.6) is 0 Å². The number of hydrogen-bond acceptors (Lipinski definition) is 2. The summed E-state index contributed by atoms with van der Waals surface area (Å²) in [5.74, 6) is 0.877. The van der Waals surface area contributed by atoms with Gasteiger partial charge in [-0.1, -0.05) is 12.1 Å². The smallest absolute Gasteiger partial charge is 0.0471 e. The van der Waals surface area contributed by atoms with Crippen LogP contribution in [0.15, 0.2) is 24.3 Å². The van der Waals surface area contributed by atoms with Gasteiger partial charge in [-0.05, 0) is 49.8 Å². The first-order valence-electron chi connectivity index (χ1n) is 5.76. The monoisotopic (exact) mass is 205 g/mol. The second-order valence-corrected chi connectivity index (χ2v) is 4.44. The van der Waals surface area contributed by atoms with E-state index in [2.05, 4.69) is 36.5 Å². The molecule has 1 atom stereocenters. The molecule has 0 bridgehead atoms. The molecule has 82 valence electrons. The van der Waals surface area contributed by atoms with Crippen molar-refractivity contribution in [1.29, 1.82) is 0 Å². The van der Waals surface area contributed by atoms with E-state index in [-0.39, 0.29) is 6.61 Å². The molecule has 1 unspecified atom stereocenters. The maximum Gasteiger partial charge on any atom is 0.0471 e. The lowest BCUT2D eigenvalue weighted by Gasteiger charge is -2.14. The van der Waals surface area contributed by atoms with Gasteiger partial charge in [0.15, 0.2) is 0 Å². The van der Waals surface area contributed by atoms with Gasteiger partial charge in [-0.15, -0.1) is 0 Å². The first-order chi connectivity index (χ1) is 7.29. The van der Waals surface area contributed by atoms with Crippen molar-refractivity contribution in [2.24, 2.45) is 5.92 Å². The molecule has 1 saturated carbocycles. The standard InChI is InChI=1S/C13H19NO/c1-10(12-4-5-12)14-13-6-2-11(3-7-13)8-9-15/h2-3,6-7,10,12,14-15H,4-5,8-9H2,1H3. The van der Waals surface area contributed by atoms with Crippen LogP contribution in [0, 0.1) is 5.92 Å². The fraction of sp³-hybridized carbons (Fsp3) is 0.538. The van der Waals surface area contributed by atoms with Crippen molar-refractivity contribution in [3.8, 4) is 0 Å². The van der Waals surface area contributed by atoms with Crippen LogP contribution < -0.4 is 5.32 Å². The van der Waals surface area contributed by atoms with Gasteiger partial charge in [0.1, 0.15) is 0 Å². The van der Waals surface area contributed by atoms with E-state index in [1.807, 2.05) is 0 Å². The van der Waals surface area contributed by atoms with Crippen LogP contribution in [0.3, 0.4) is 0 Å². The van der Waals surface area contributed by atoms with Crippen molar-refractivity contribution < 1.29 is 5.11 Å². The van der Waals surface area contributed by atoms with Gasteiger partial charge in [0, 0.05) is 18.3 Å². The summed E-state index contributed by atoms with van der Waals surface area (Å²) in [5.41, 5.74) is 2.39. The molecule has 2 heteroatoms. The minimum absolute atomic E-state index is 0.227. The molecule has 1 aromatic carbocycles. The van der Waals surface area contributed by atoms with E-state index in [1.54, 1.807) is 0 Å². The Morgan fingerprint density at radius 3 is 2.53 bits per heavy atom. The Labute approximate surface area is 91.3 Å². The summed E-state index contributed by atoms with van der Waals surface area (Å²) in [4.78, 5) is 0. The first kappa shape index (κ1) is 10.5. The van der Waals surface area contributed by atoms with Crippen molar-refractivity contribution in [3.63, 3.8) is 0 Å². The largest absolute Gasteiger partial charge is 0.396 e. The zero-order valence-corrected chi connectivity index (χ0v) is 9.24. The molecule has 0 spiro atoms. The van der Waals surface area contributed by atoms with Gasteiger partial charge in [-0.25, -0.2) is 0 Å². The summed E-state index contributed by atoms with van der Waals surface area (Å²) in [6.07, 6.45) is 3.49. The van der Waals surface area contributed by atoms with Crippen LogP contribution in [-0.4, -0.2) is 17.8 Å². The second-order valence-electron chi connectivity index (χ2n) is 4.44. The minimum atomic E-state index is 0.227. The number of benzene rings is 1. The molecule has 0 radical (unpaired) electrons. The molecule has 15 heavy (non-hydrogen) atoms. The van der Waals surface area contributed by atoms with E-state index in [0.717, 1.165) is 12.3 Å². The van der Waals surface area contributed by atoms with Gasteiger partial charge < -0.3 is 10.4 Å². The van der Waals surface area contributed by atoms with Crippen LogP contribution in [-0.2, 0) is 6.42 Å². The predicted octanol–water partition coefficient (Wildman–Crippen LogP) is 2.43. The van der Waals surface area contributed by atoms with Crippen LogP contribution in [0.2, 0.25) is 0 Å². The molecular weight excluding hydrogens is 186 g/mol. The third-order valence-corrected chi connectivity index (χ3v) is 3.08. The third-order valence-electron chi connectivity index (χ3n) is 3.08. The number of rotatable bonds is 5. The van der Waals surface area contributed by atoms with Gasteiger partial charge in [0.2, 0.25) is 0 Å². The molecule has 2 nitrogen and oxygen atoms in total. The van der Waals surface area contributed by atoms with E-state index in [1.165, 1.54) is 24.1 Å². The third kappa shape index (κ3) is 2.96. The lowest BCUT2D eigenvalue weighted by Crippen LogP contribution is -2.17. The van der Waals surface area contributed by atoms with Gasteiger partial charge in [0.25, 0.3) is 0 Å². The quantitative estimate of drug-likeness (QED) is 0.773. The predicted molar refractivity (Wildman–Crippen MR) is 63.0 cm³/mol. The zero-order valence-electron chi connectivity index (χ0n) is 9.24. The summed E-state index contributed by atoms with van der Waals surface area (Å²) in [5, 5.41) is 12.3. The molecule has 0 heterocycles. The Morgan fingerprint density at radius 1 is 1.33 bits per heavy atom. The van der Waals surface area contributed by atoms with Crippen molar-refractivity contribution >= 4 is 5.69 Å². The highest BCUT2D eigenvalue weighted by molar-refractivity contribution is 5.45. The summed E-state index contributed by atoms with van der Waals surface area (Å²) < 4.78 is 0. The summed E-state index contributed by atoms with van der Waals surface area (Å²) in [6.45, 7) is 2.48. The molecule has 0 aliphatic heterocycles. The molecule has 2 N–H and O–H groups in total. The molecule has 0 saturated heterocycles. The molecule has 0 amide bonds. The SMILES string of the molecule is CC(Nc1ccc(CCO)cc1)C1CC1. The lowest BCUT2D eigenvalue weighted by molar-refractivity contribution is 0.299. The van der Waals surface area contributed by atoms with E-state index in [4.69, 9.17) is 5.11 Å². The summed E-state index contributed by atoms with van der Waals surface area (Å²) in [7, 11) is 0. The van der Waals surface area contributed by atoms with Crippen molar-refractivity contribution in [1.82, 2.24) is 0 Å². The highest BCUT2D eigenvalue weighted by Gasteiger charge is 2.27. The van der Waals surface area contributed by atoms with Gasteiger partial charge >= 0.3 is 0 Å². The Balaban J connectivity index is 1.91. The second kappa shape index (κ2) is 4.67. The number of hydrogen-bond donors (Lipinski definition) is 2. The average molecular weight is 205 g/mol. The van der Waals surface area contributed by atoms with Gasteiger partial charge in [-0.3, -0.25) is 0 Å². The fourth-order valence-electron chi connectivity index (χ4n) is 1.87. The Hall–Kier alpha value is -1.02. The topological polar surface area (TPSA) is 32.3 Å². The molecule has 1 aromatic rings. The van der Waals surface area contributed by atoms with E-state index < -0.39 is 0 Å². The minimum Gasteiger partial charge on any atom is -0.396 e. The van der Waals surface area contributed by atoms with E-state index in [0.29, 0.717) is 6.04 Å². The van der Waals surface area contributed by atoms with Gasteiger partial charge in [0.05, 0.1) is 0 Å². The number of aliphatic hydroxyl groups excluding tert-OH is 1. The molecule has 1 fully saturated rings. The Bertz CT molecular complexity index is 303. The Kier molecular flexibility index (Phi) is 3.27. The Morgan fingerprint density at radius 2 is 2.00 bits per heavy atom. The van der Waals surface area contributed by atoms with Crippen LogP contribution in [0.1, 0.15) is 25.3 Å². The van der Waals surface area contributed by atoms with Crippen molar-refractivity contribution in [3.05, 3.63) is 29.8 Å². The lowest BCUT2D eigenvalue weighted by atomic mass is 10.1. The molecule has 1 aliphatic rings. The molecule has 0 aromatic heterocycles. The van der Waals surface area contributed by atoms with Crippen molar-refractivity contribution in [2.75, 3.05) is 11.9 Å². The number of nitrogens with one attached hydrogen (secondary N) is 1. The molecule has 2 rings (SSSR count). The summed E-state index contributed by atoms with van der Waals surface area (Å²) in [6, 6.07) is 8.96. The highest BCUT2D eigenvalue weighted by Crippen LogP contribution is 2.33. The van der Waals surface area contributed by atoms with E-state index in [9.17, 15) is 0 Å².